The summed E-state index contributed by atoms with van der Waals surface area (Å²) in [6, 6.07) is 0. The molecule has 0 aliphatic rings. The van der Waals surface area contributed by atoms with Crippen molar-refractivity contribution in [1.82, 2.24) is 0 Å². The van der Waals surface area contributed by atoms with Crippen LogP contribution in [0.2, 0.25) is 0 Å². The van der Waals surface area contributed by atoms with Gasteiger partial charge in [0.2, 0.25) is 0 Å². The number of carbonyl (C=O) groups is 4. The van der Waals surface area contributed by atoms with E-state index in [4.69, 9.17) is 37.0 Å². The van der Waals surface area contributed by atoms with Crippen molar-refractivity contribution >= 4 is 39.5 Å². The monoisotopic (exact) mass is 1450 g/mol. The maximum Gasteiger partial charge on any atom is 0.472 e. The SMILES string of the molecule is CC/C=C\C/C=C\C/C=C\C/C=C\C/C=C\CCCCCC(=O)OCC(COP(=O)(O)OCC(O)COP(=O)(O)OCC(COC(=O)CCCCCCCCCCCCCCCCC)OC(=O)CCCCCCCCCCCCC)OC(=O)CCCCCCC/C=C\C/C=C\C/C=C\CC. The van der Waals surface area contributed by atoms with Gasteiger partial charge in [0, 0.05) is 25.7 Å². The summed E-state index contributed by atoms with van der Waals surface area (Å²) in [4.78, 5) is 72.9. The predicted octanol–water partition coefficient (Wildman–Crippen LogP) is 22.8. The van der Waals surface area contributed by atoms with Gasteiger partial charge in [-0.3, -0.25) is 37.3 Å². The normalized spacial score (nSPS) is 14.4. The molecule has 17 nitrogen and oxygen atoms in total. The van der Waals surface area contributed by atoms with E-state index in [1.165, 1.54) is 109 Å². The van der Waals surface area contributed by atoms with Crippen molar-refractivity contribution in [2.45, 2.75) is 354 Å². The molecule has 100 heavy (non-hydrogen) atoms. The minimum atomic E-state index is -4.99. The lowest BCUT2D eigenvalue weighted by Crippen LogP contribution is -2.30. The van der Waals surface area contributed by atoms with Gasteiger partial charge in [-0.15, -0.1) is 0 Å². The van der Waals surface area contributed by atoms with E-state index >= 15 is 0 Å². The number of phosphoric ester groups is 2. The average Bonchev–Trinajstić information content (AvgIpc) is 0.985. The number of allylic oxidation sites excluding steroid dienone is 16. The summed E-state index contributed by atoms with van der Waals surface area (Å²) in [5.74, 6) is -2.21. The third kappa shape index (κ3) is 72.3. The second-order valence-electron chi connectivity index (χ2n) is 26.3. The second kappa shape index (κ2) is 73.3. The molecule has 3 N–H and O–H groups in total. The van der Waals surface area contributed by atoms with Crippen LogP contribution in [0, 0.1) is 0 Å². The van der Waals surface area contributed by atoms with E-state index in [9.17, 15) is 43.2 Å². The van der Waals surface area contributed by atoms with E-state index < -0.39 is 97.5 Å². The zero-order valence-electron chi connectivity index (χ0n) is 63.1. The van der Waals surface area contributed by atoms with Gasteiger partial charge < -0.3 is 33.8 Å². The van der Waals surface area contributed by atoms with Gasteiger partial charge in [-0.1, -0.05) is 305 Å². The zero-order valence-corrected chi connectivity index (χ0v) is 64.9. The van der Waals surface area contributed by atoms with Crippen LogP contribution < -0.4 is 0 Å². The predicted molar refractivity (Wildman–Crippen MR) is 409 cm³/mol. The Morgan fingerprint density at radius 3 is 0.810 bits per heavy atom. The Balaban J connectivity index is 5.35. The lowest BCUT2D eigenvalue weighted by Gasteiger charge is -2.21. The molecule has 0 saturated heterocycles. The van der Waals surface area contributed by atoms with Crippen LogP contribution in [-0.4, -0.2) is 96.7 Å². The zero-order chi connectivity index (χ0) is 73.2. The summed E-state index contributed by atoms with van der Waals surface area (Å²) in [6.45, 7) is 4.63. The summed E-state index contributed by atoms with van der Waals surface area (Å²) in [5, 5.41) is 10.6. The summed E-state index contributed by atoms with van der Waals surface area (Å²) < 4.78 is 68.5. The van der Waals surface area contributed by atoms with Crippen molar-refractivity contribution in [3.63, 3.8) is 0 Å². The smallest absolute Gasteiger partial charge is 0.462 e. The van der Waals surface area contributed by atoms with Crippen LogP contribution in [0.15, 0.2) is 97.2 Å². The van der Waals surface area contributed by atoms with Crippen LogP contribution in [0.5, 0.6) is 0 Å². The highest BCUT2D eigenvalue weighted by molar-refractivity contribution is 7.47. The molecule has 0 aromatic heterocycles. The fourth-order valence-electron chi connectivity index (χ4n) is 10.6. The molecule has 0 aromatic rings. The Morgan fingerprint density at radius 1 is 0.290 bits per heavy atom. The molecule has 578 valence electrons. The molecule has 0 fully saturated rings. The van der Waals surface area contributed by atoms with Crippen molar-refractivity contribution in [3.8, 4) is 0 Å². The summed E-state index contributed by atoms with van der Waals surface area (Å²) in [6.07, 6.45) is 76.8. The van der Waals surface area contributed by atoms with Gasteiger partial charge in [-0.2, -0.15) is 0 Å². The molecule has 0 aliphatic carbocycles. The maximum atomic E-state index is 13.1. The number of aliphatic hydroxyl groups is 1. The molecule has 5 unspecified atom stereocenters. The van der Waals surface area contributed by atoms with Crippen LogP contribution in [-0.2, 0) is 65.4 Å². The molecular formula is C81H142O17P2. The second-order valence-corrected chi connectivity index (χ2v) is 29.2. The first-order valence-corrected chi connectivity index (χ1v) is 42.5. The van der Waals surface area contributed by atoms with E-state index in [1.54, 1.807) is 0 Å². The molecular weight excluding hydrogens is 1310 g/mol. The number of phosphoric acid groups is 2. The highest BCUT2D eigenvalue weighted by atomic mass is 31.2. The largest absolute Gasteiger partial charge is 0.472 e. The molecule has 5 atom stereocenters. The lowest BCUT2D eigenvalue weighted by molar-refractivity contribution is -0.161. The first kappa shape index (κ1) is 96.0. The van der Waals surface area contributed by atoms with Crippen LogP contribution in [0.1, 0.15) is 336 Å². The third-order valence-corrected chi connectivity index (χ3v) is 18.5. The fraction of sp³-hybridized carbons (Fsp3) is 0.753. The Hall–Kier alpha value is -4.02. The molecule has 0 amide bonds. The van der Waals surface area contributed by atoms with Crippen molar-refractivity contribution < 1.29 is 80.2 Å². The van der Waals surface area contributed by atoms with Crippen LogP contribution in [0.4, 0.5) is 0 Å². The topological polar surface area (TPSA) is 237 Å². The number of aliphatic hydroxyl groups excluding tert-OH is 1. The Labute approximate surface area is 607 Å². The van der Waals surface area contributed by atoms with Gasteiger partial charge in [-0.25, -0.2) is 9.13 Å². The minimum Gasteiger partial charge on any atom is -0.462 e. The molecule has 0 rings (SSSR count). The molecule has 19 heteroatoms. The number of unbranched alkanes of at least 4 members (excludes halogenated alkanes) is 32. The Morgan fingerprint density at radius 2 is 0.520 bits per heavy atom. The number of ether oxygens (including phenoxy) is 4. The molecule has 0 aromatic carbocycles. The van der Waals surface area contributed by atoms with Crippen molar-refractivity contribution in [1.29, 1.82) is 0 Å². The van der Waals surface area contributed by atoms with E-state index in [0.717, 1.165) is 148 Å². The summed E-state index contributed by atoms with van der Waals surface area (Å²) >= 11 is 0. The minimum absolute atomic E-state index is 0.0677. The van der Waals surface area contributed by atoms with Crippen LogP contribution in [0.25, 0.3) is 0 Å². The Bertz CT molecular complexity index is 2270. The van der Waals surface area contributed by atoms with Crippen molar-refractivity contribution in [2.24, 2.45) is 0 Å². The van der Waals surface area contributed by atoms with Crippen LogP contribution in [0.3, 0.4) is 0 Å². The molecule has 0 aliphatic heterocycles. The van der Waals surface area contributed by atoms with Gasteiger partial charge in [0.1, 0.15) is 19.3 Å². The Kier molecular flexibility index (Phi) is 70.4. The van der Waals surface area contributed by atoms with Gasteiger partial charge in [-0.05, 0) is 103 Å². The van der Waals surface area contributed by atoms with Gasteiger partial charge >= 0.3 is 39.5 Å². The lowest BCUT2D eigenvalue weighted by atomic mass is 10.0. The van der Waals surface area contributed by atoms with E-state index in [2.05, 4.69) is 125 Å². The number of carbonyl (C=O) groups excluding carboxylic acids is 4. The van der Waals surface area contributed by atoms with Gasteiger partial charge in [0.05, 0.1) is 26.4 Å². The van der Waals surface area contributed by atoms with Crippen molar-refractivity contribution in [2.75, 3.05) is 39.6 Å². The van der Waals surface area contributed by atoms with Gasteiger partial charge in [0.25, 0.3) is 0 Å². The first-order valence-electron chi connectivity index (χ1n) is 39.5. The maximum absolute atomic E-state index is 13.1. The molecule has 0 heterocycles. The average molecular weight is 1450 g/mol. The van der Waals surface area contributed by atoms with Crippen LogP contribution >= 0.6 is 15.6 Å². The number of hydrogen-bond acceptors (Lipinski definition) is 15. The number of hydrogen-bond donors (Lipinski definition) is 3. The molecule has 0 bridgehead atoms. The van der Waals surface area contributed by atoms with Gasteiger partial charge in [0.15, 0.2) is 12.2 Å². The fourth-order valence-corrected chi connectivity index (χ4v) is 12.2. The molecule has 0 saturated carbocycles. The summed E-state index contributed by atoms with van der Waals surface area (Å²) in [7, 11) is -9.96. The standard InChI is InChI=1S/C81H142O17P2/c1-5-9-13-17-21-25-29-32-35-36-37-38-41-43-47-50-54-58-62-66-79(84)92-72-77(98-81(86)68-64-60-56-52-48-44-40-34-31-27-23-19-15-11-7-3)74-96-100(89,90)94-70-75(82)69-93-99(87,88)95-73-76(97-80(85)67-63-59-55-51-45-28-24-20-16-12-8-4)71-91-78(83)65-61-57-53-49-46-42-39-33-30-26-22-18-14-10-6-2/h9,11,13,15,21,23,25,27,32,34-35,37-38,40,43,47,75-77,82H,5-8,10,12,14,16-20,22,24,26,28-31,33,36,39,41-42,44-46,48-74H2,1-4H3,(H,87,88)(H,89,90)/b13-9-,15-11-,25-21-,27-23-,35-32-,38-37-,40-34-,47-43-. The highest BCUT2D eigenvalue weighted by Crippen LogP contribution is 2.45. The highest BCUT2D eigenvalue weighted by Gasteiger charge is 2.30. The quantitative estimate of drug-likeness (QED) is 0.0169. The number of esters is 4. The molecule has 0 radical (unpaired) electrons. The van der Waals surface area contributed by atoms with E-state index in [-0.39, 0.29) is 25.7 Å². The third-order valence-electron chi connectivity index (χ3n) is 16.6. The molecule has 0 spiro atoms. The van der Waals surface area contributed by atoms with E-state index in [1.807, 2.05) is 0 Å². The van der Waals surface area contributed by atoms with E-state index in [0.29, 0.717) is 25.7 Å². The first-order chi connectivity index (χ1) is 48.7. The van der Waals surface area contributed by atoms with Crippen molar-refractivity contribution in [3.05, 3.63) is 97.2 Å². The summed E-state index contributed by atoms with van der Waals surface area (Å²) in [5.41, 5.74) is 0. The number of rotatable bonds is 74.